The molecule has 0 spiro atoms. The number of halogens is 1. The lowest BCUT2D eigenvalue weighted by molar-refractivity contribution is -0.254. The Hall–Kier alpha value is -2.06. The number of aromatic carboxylic acids is 1. The largest absolute Gasteiger partial charge is 0.545 e. The van der Waals surface area contributed by atoms with Crippen LogP contribution in [0.25, 0.3) is 0 Å². The van der Waals surface area contributed by atoms with Gasteiger partial charge in [0, 0.05) is 24.3 Å². The first-order valence-corrected chi connectivity index (χ1v) is 9.62. The van der Waals surface area contributed by atoms with Crippen LogP contribution in [0.3, 0.4) is 0 Å². The lowest BCUT2D eigenvalue weighted by Gasteiger charge is -2.23. The third kappa shape index (κ3) is 3.11. The molecule has 0 aliphatic carbocycles. The Morgan fingerprint density at radius 1 is 1.20 bits per heavy atom. The number of carbonyl (C=O) groups excluding carboxylic acids is 1. The number of aryl methyl sites for hydroxylation is 2. The normalized spacial score (nSPS) is 14.9. The van der Waals surface area contributed by atoms with Gasteiger partial charge in [0.25, 0.3) is 10.0 Å². The van der Waals surface area contributed by atoms with E-state index in [1.54, 1.807) is 19.9 Å². The van der Waals surface area contributed by atoms with Gasteiger partial charge >= 0.3 is 0 Å². The second-order valence-corrected chi connectivity index (χ2v) is 8.20. The molecule has 134 valence electrons. The van der Waals surface area contributed by atoms with E-state index < -0.39 is 16.0 Å². The molecule has 0 atom stereocenters. The van der Waals surface area contributed by atoms with Gasteiger partial charge in [-0.1, -0.05) is 11.6 Å². The zero-order chi connectivity index (χ0) is 18.4. The van der Waals surface area contributed by atoms with Crippen molar-refractivity contribution in [3.63, 3.8) is 0 Å². The molecule has 2 heterocycles. The SMILES string of the molecule is Cc1cc(C)n(S(=O)(=O)c2cc(C(=O)[O-])c(N3CCCC3)cc2Cl)n1. The van der Waals surface area contributed by atoms with Gasteiger partial charge in [0.1, 0.15) is 4.90 Å². The first-order valence-electron chi connectivity index (χ1n) is 7.80. The number of nitrogens with zero attached hydrogens (tertiary/aromatic N) is 3. The van der Waals surface area contributed by atoms with Crippen LogP contribution in [-0.2, 0) is 10.0 Å². The van der Waals surface area contributed by atoms with E-state index in [-0.39, 0.29) is 15.5 Å². The molecule has 2 aromatic rings. The molecular weight excluding hydrogens is 366 g/mol. The lowest BCUT2D eigenvalue weighted by Crippen LogP contribution is -2.28. The van der Waals surface area contributed by atoms with Gasteiger partial charge in [-0.25, -0.2) is 0 Å². The summed E-state index contributed by atoms with van der Waals surface area (Å²) in [7, 11) is -4.11. The van der Waals surface area contributed by atoms with Crippen LogP contribution < -0.4 is 10.0 Å². The number of carbonyl (C=O) groups is 1. The molecular formula is C16H17ClN3O4S-. The van der Waals surface area contributed by atoms with Crippen molar-refractivity contribution < 1.29 is 18.3 Å². The minimum absolute atomic E-state index is 0.0422. The predicted molar refractivity (Wildman–Crippen MR) is 91.5 cm³/mol. The van der Waals surface area contributed by atoms with Crippen LogP contribution in [0, 0.1) is 13.8 Å². The van der Waals surface area contributed by atoms with Gasteiger partial charge in [0.05, 0.1) is 22.4 Å². The Labute approximate surface area is 150 Å². The molecule has 1 saturated heterocycles. The van der Waals surface area contributed by atoms with Crippen molar-refractivity contribution in [2.75, 3.05) is 18.0 Å². The van der Waals surface area contributed by atoms with E-state index in [1.165, 1.54) is 6.07 Å². The summed E-state index contributed by atoms with van der Waals surface area (Å²) in [5.74, 6) is -1.44. The molecule has 3 rings (SSSR count). The third-order valence-corrected chi connectivity index (χ3v) is 6.33. The van der Waals surface area contributed by atoms with Gasteiger partial charge in [-0.05, 0) is 44.9 Å². The molecule has 7 nitrogen and oxygen atoms in total. The molecule has 0 amide bonds. The summed E-state index contributed by atoms with van der Waals surface area (Å²) in [4.78, 5) is 13.1. The van der Waals surface area contributed by atoms with Crippen molar-refractivity contribution in [1.29, 1.82) is 0 Å². The zero-order valence-corrected chi connectivity index (χ0v) is 15.4. The van der Waals surface area contributed by atoms with Crippen LogP contribution >= 0.6 is 11.6 Å². The first-order chi connectivity index (χ1) is 11.7. The molecule has 0 radical (unpaired) electrons. The minimum atomic E-state index is -4.11. The van der Waals surface area contributed by atoms with E-state index in [4.69, 9.17) is 11.6 Å². The van der Waals surface area contributed by atoms with Crippen LogP contribution in [0.15, 0.2) is 23.1 Å². The van der Waals surface area contributed by atoms with Gasteiger partial charge in [0.2, 0.25) is 0 Å². The predicted octanol–water partition coefficient (Wildman–Crippen LogP) is 1.35. The lowest BCUT2D eigenvalue weighted by atomic mass is 10.1. The number of benzene rings is 1. The highest BCUT2D eigenvalue weighted by Crippen LogP contribution is 2.33. The second kappa shape index (κ2) is 6.34. The number of carboxylic acids is 1. The van der Waals surface area contributed by atoms with E-state index in [0.717, 1.165) is 23.0 Å². The fraction of sp³-hybridized carbons (Fsp3) is 0.375. The summed E-state index contributed by atoms with van der Waals surface area (Å²) in [5.41, 5.74) is 1.14. The smallest absolute Gasteiger partial charge is 0.284 e. The molecule has 1 aliphatic heterocycles. The number of rotatable bonds is 4. The quantitative estimate of drug-likeness (QED) is 0.792. The summed E-state index contributed by atoms with van der Waals surface area (Å²) >= 11 is 6.22. The number of hydrogen-bond acceptors (Lipinski definition) is 6. The zero-order valence-electron chi connectivity index (χ0n) is 13.8. The molecule has 0 bridgehead atoms. The second-order valence-electron chi connectivity index (χ2n) is 6.06. The molecule has 1 aromatic heterocycles. The van der Waals surface area contributed by atoms with Crippen molar-refractivity contribution in [2.24, 2.45) is 0 Å². The van der Waals surface area contributed by atoms with Gasteiger partial charge in [-0.2, -0.15) is 17.6 Å². The van der Waals surface area contributed by atoms with Crippen molar-refractivity contribution in [1.82, 2.24) is 9.19 Å². The van der Waals surface area contributed by atoms with E-state index >= 15 is 0 Å². The highest BCUT2D eigenvalue weighted by molar-refractivity contribution is 7.90. The summed E-state index contributed by atoms with van der Waals surface area (Å²) in [6.45, 7) is 4.66. The molecule has 0 unspecified atom stereocenters. The maximum absolute atomic E-state index is 12.9. The summed E-state index contributed by atoms with van der Waals surface area (Å²) in [5, 5.41) is 15.5. The third-order valence-electron chi connectivity index (χ3n) is 4.19. The number of hydrogen-bond donors (Lipinski definition) is 0. The van der Waals surface area contributed by atoms with E-state index in [2.05, 4.69) is 5.10 Å². The number of aromatic nitrogens is 2. The van der Waals surface area contributed by atoms with Crippen LogP contribution in [0.2, 0.25) is 5.02 Å². The first kappa shape index (κ1) is 17.8. The minimum Gasteiger partial charge on any atom is -0.545 e. The van der Waals surface area contributed by atoms with Gasteiger partial charge in [-0.15, -0.1) is 0 Å². The molecule has 1 fully saturated rings. The average Bonchev–Trinajstić information content (AvgIpc) is 3.16. The molecule has 0 N–H and O–H groups in total. The Morgan fingerprint density at radius 3 is 2.36 bits per heavy atom. The van der Waals surface area contributed by atoms with E-state index in [1.807, 2.05) is 4.90 Å². The van der Waals surface area contributed by atoms with Crippen LogP contribution in [-0.4, -0.2) is 36.7 Å². The monoisotopic (exact) mass is 382 g/mol. The summed E-state index contributed by atoms with van der Waals surface area (Å²) < 4.78 is 26.6. The highest BCUT2D eigenvalue weighted by Gasteiger charge is 2.27. The van der Waals surface area contributed by atoms with Crippen LogP contribution in [0.4, 0.5) is 5.69 Å². The molecule has 0 saturated carbocycles. The Kier molecular flexibility index (Phi) is 4.51. The van der Waals surface area contributed by atoms with Gasteiger partial charge in [-0.3, -0.25) is 0 Å². The molecule has 25 heavy (non-hydrogen) atoms. The molecule has 9 heteroatoms. The van der Waals surface area contributed by atoms with Crippen molar-refractivity contribution in [3.05, 3.63) is 40.2 Å². The Balaban J connectivity index is 2.18. The van der Waals surface area contributed by atoms with Gasteiger partial charge < -0.3 is 14.8 Å². The van der Waals surface area contributed by atoms with Crippen LogP contribution in [0.1, 0.15) is 34.6 Å². The Morgan fingerprint density at radius 2 is 1.84 bits per heavy atom. The molecule has 1 aromatic carbocycles. The van der Waals surface area contributed by atoms with Crippen molar-refractivity contribution in [2.45, 2.75) is 31.6 Å². The van der Waals surface area contributed by atoms with E-state index in [0.29, 0.717) is 30.2 Å². The van der Waals surface area contributed by atoms with Crippen LogP contribution in [0.5, 0.6) is 0 Å². The fourth-order valence-corrected chi connectivity index (χ4v) is 4.95. The average molecular weight is 383 g/mol. The van der Waals surface area contributed by atoms with Gasteiger partial charge in [0.15, 0.2) is 0 Å². The van der Waals surface area contributed by atoms with Crippen molar-refractivity contribution >= 4 is 33.3 Å². The van der Waals surface area contributed by atoms with E-state index in [9.17, 15) is 18.3 Å². The summed E-state index contributed by atoms with van der Waals surface area (Å²) in [6.07, 6.45) is 1.88. The standard InChI is InChI=1S/C16H18ClN3O4S/c1-10-7-11(2)20(18-10)25(23,24)15-8-12(16(21)22)14(9-13(15)17)19-5-3-4-6-19/h7-9H,3-6H2,1-2H3,(H,21,22)/p-1. The number of anilines is 1. The topological polar surface area (TPSA) is 95.3 Å². The maximum Gasteiger partial charge on any atom is 0.284 e. The van der Waals surface area contributed by atoms with Crippen molar-refractivity contribution in [3.8, 4) is 0 Å². The molecule has 1 aliphatic rings. The Bertz CT molecular complexity index is 947. The number of carboxylic acid groups (broad SMARTS) is 1. The summed E-state index contributed by atoms with van der Waals surface area (Å²) in [6, 6.07) is 4.07. The highest BCUT2D eigenvalue weighted by atomic mass is 35.5. The fourth-order valence-electron chi connectivity index (χ4n) is 3.07. The maximum atomic E-state index is 12.9.